The normalized spacial score (nSPS) is 11.4. The summed E-state index contributed by atoms with van der Waals surface area (Å²) in [5.41, 5.74) is 5.70. The highest BCUT2D eigenvalue weighted by molar-refractivity contribution is 5.61. The number of alkyl halides is 3. The van der Waals surface area contributed by atoms with E-state index >= 15 is 0 Å². The Morgan fingerprint density at radius 1 is 1.50 bits per heavy atom. The summed E-state index contributed by atoms with van der Waals surface area (Å²) in [5.74, 6) is 0.143. The highest BCUT2D eigenvalue weighted by Crippen LogP contribution is 2.22. The second-order valence-electron chi connectivity index (χ2n) is 2.89. The molecule has 14 heavy (non-hydrogen) atoms. The molecule has 0 fully saturated rings. The zero-order valence-corrected chi connectivity index (χ0v) is 7.54. The Bertz CT molecular complexity index is 311. The van der Waals surface area contributed by atoms with Gasteiger partial charge in [0.25, 0.3) is 0 Å². The summed E-state index contributed by atoms with van der Waals surface area (Å²) in [6, 6.07) is 3.08. The first-order valence-electron chi connectivity index (χ1n) is 3.88. The molecule has 0 unspecified atom stereocenters. The summed E-state index contributed by atoms with van der Waals surface area (Å²) in [6.45, 7) is -1.06. The molecule has 1 heterocycles. The van der Waals surface area contributed by atoms with E-state index in [0.29, 0.717) is 0 Å². The number of halogens is 3. The molecule has 0 bridgehead atoms. The second kappa shape index (κ2) is 3.73. The number of anilines is 2. The molecule has 78 valence electrons. The first kappa shape index (κ1) is 10.6. The third-order valence-corrected chi connectivity index (χ3v) is 1.59. The van der Waals surface area contributed by atoms with Gasteiger partial charge in [-0.2, -0.15) is 13.2 Å². The van der Waals surface area contributed by atoms with Crippen molar-refractivity contribution in [1.82, 2.24) is 4.98 Å². The maximum atomic E-state index is 12.0. The van der Waals surface area contributed by atoms with E-state index in [2.05, 4.69) is 4.98 Å². The van der Waals surface area contributed by atoms with E-state index < -0.39 is 12.7 Å². The molecular weight excluding hydrogens is 195 g/mol. The third kappa shape index (κ3) is 2.79. The molecule has 1 aromatic heterocycles. The SMILES string of the molecule is CN(CC(F)(F)F)c1ncccc1N. The molecule has 6 heteroatoms. The van der Waals surface area contributed by atoms with Crippen LogP contribution in [0.4, 0.5) is 24.7 Å². The van der Waals surface area contributed by atoms with Gasteiger partial charge in [0.1, 0.15) is 6.54 Å². The van der Waals surface area contributed by atoms with Crippen LogP contribution in [0.5, 0.6) is 0 Å². The molecule has 0 saturated heterocycles. The first-order valence-corrected chi connectivity index (χ1v) is 3.88. The summed E-state index contributed by atoms with van der Waals surface area (Å²) in [7, 11) is 1.30. The Morgan fingerprint density at radius 3 is 2.64 bits per heavy atom. The van der Waals surface area contributed by atoms with Crippen molar-refractivity contribution in [2.45, 2.75) is 6.18 Å². The lowest BCUT2D eigenvalue weighted by Crippen LogP contribution is -2.31. The number of hydrogen-bond acceptors (Lipinski definition) is 3. The van der Waals surface area contributed by atoms with Crippen LogP contribution >= 0.6 is 0 Å². The number of pyridine rings is 1. The second-order valence-corrected chi connectivity index (χ2v) is 2.89. The molecule has 3 nitrogen and oxygen atoms in total. The molecule has 0 aliphatic carbocycles. The molecular formula is C8H10F3N3. The number of aromatic nitrogens is 1. The van der Waals surface area contributed by atoms with Crippen molar-refractivity contribution in [3.63, 3.8) is 0 Å². The van der Waals surface area contributed by atoms with Gasteiger partial charge in [-0.3, -0.25) is 0 Å². The minimum Gasteiger partial charge on any atom is -0.396 e. The lowest BCUT2D eigenvalue weighted by molar-refractivity contribution is -0.119. The van der Waals surface area contributed by atoms with Crippen molar-refractivity contribution in [3.05, 3.63) is 18.3 Å². The highest BCUT2D eigenvalue weighted by atomic mass is 19.4. The van der Waals surface area contributed by atoms with Crippen molar-refractivity contribution in [2.75, 3.05) is 24.2 Å². The van der Waals surface area contributed by atoms with Gasteiger partial charge >= 0.3 is 6.18 Å². The van der Waals surface area contributed by atoms with Crippen LogP contribution in [0.3, 0.4) is 0 Å². The lowest BCUT2D eigenvalue weighted by atomic mass is 10.3. The topological polar surface area (TPSA) is 42.2 Å². The molecule has 0 radical (unpaired) electrons. The molecule has 2 N–H and O–H groups in total. The molecule has 0 aromatic carbocycles. The van der Waals surface area contributed by atoms with Crippen LogP contribution < -0.4 is 10.6 Å². The van der Waals surface area contributed by atoms with E-state index in [-0.39, 0.29) is 11.5 Å². The number of nitrogens with zero attached hydrogens (tertiary/aromatic N) is 2. The first-order chi connectivity index (χ1) is 6.40. The van der Waals surface area contributed by atoms with E-state index in [9.17, 15) is 13.2 Å². The highest BCUT2D eigenvalue weighted by Gasteiger charge is 2.30. The van der Waals surface area contributed by atoms with Gasteiger partial charge in [0.05, 0.1) is 5.69 Å². The van der Waals surface area contributed by atoms with Crippen molar-refractivity contribution < 1.29 is 13.2 Å². The Balaban J connectivity index is 2.80. The zero-order chi connectivity index (χ0) is 10.8. The van der Waals surface area contributed by atoms with E-state index in [0.717, 1.165) is 4.90 Å². The van der Waals surface area contributed by atoms with Crippen LogP contribution in [0.25, 0.3) is 0 Å². The summed E-state index contributed by atoms with van der Waals surface area (Å²) in [4.78, 5) is 4.73. The number of nitrogens with two attached hydrogens (primary N) is 1. The summed E-state index contributed by atoms with van der Waals surface area (Å²) < 4.78 is 36.0. The fourth-order valence-corrected chi connectivity index (χ4v) is 1.07. The number of rotatable bonds is 2. The van der Waals surface area contributed by atoms with Gasteiger partial charge in [-0.25, -0.2) is 4.98 Å². The zero-order valence-electron chi connectivity index (χ0n) is 7.54. The molecule has 0 atom stereocenters. The van der Waals surface area contributed by atoms with Crippen molar-refractivity contribution in [3.8, 4) is 0 Å². The fourth-order valence-electron chi connectivity index (χ4n) is 1.07. The van der Waals surface area contributed by atoms with E-state index in [4.69, 9.17) is 5.73 Å². The Morgan fingerprint density at radius 2 is 2.14 bits per heavy atom. The molecule has 0 amide bonds. The van der Waals surface area contributed by atoms with Crippen molar-refractivity contribution in [2.24, 2.45) is 0 Å². The van der Waals surface area contributed by atoms with Crippen LogP contribution in [0.15, 0.2) is 18.3 Å². The maximum absolute atomic E-state index is 12.0. The Hall–Kier alpha value is -1.46. The van der Waals surface area contributed by atoms with Gasteiger partial charge in [-0.05, 0) is 12.1 Å². The summed E-state index contributed by atoms with van der Waals surface area (Å²) in [5, 5.41) is 0. The van der Waals surface area contributed by atoms with Crippen LogP contribution in [-0.2, 0) is 0 Å². The van der Waals surface area contributed by atoms with Crippen molar-refractivity contribution in [1.29, 1.82) is 0 Å². The number of hydrogen-bond donors (Lipinski definition) is 1. The molecule has 1 rings (SSSR count). The maximum Gasteiger partial charge on any atom is 0.405 e. The van der Waals surface area contributed by atoms with Crippen LogP contribution in [0, 0.1) is 0 Å². The average molecular weight is 205 g/mol. The largest absolute Gasteiger partial charge is 0.405 e. The number of nitrogen functional groups attached to an aromatic ring is 1. The van der Waals surface area contributed by atoms with E-state index in [1.165, 1.54) is 19.3 Å². The van der Waals surface area contributed by atoms with Gasteiger partial charge in [-0.15, -0.1) is 0 Å². The van der Waals surface area contributed by atoms with Crippen LogP contribution in [0.2, 0.25) is 0 Å². The minimum atomic E-state index is -4.25. The van der Waals surface area contributed by atoms with E-state index in [1.54, 1.807) is 6.07 Å². The van der Waals surface area contributed by atoms with Crippen LogP contribution in [0.1, 0.15) is 0 Å². The summed E-state index contributed by atoms with van der Waals surface area (Å²) >= 11 is 0. The monoisotopic (exact) mass is 205 g/mol. The minimum absolute atomic E-state index is 0.143. The molecule has 0 spiro atoms. The Labute approximate surface area is 79.3 Å². The van der Waals surface area contributed by atoms with Crippen LogP contribution in [-0.4, -0.2) is 24.8 Å². The molecule has 0 saturated carbocycles. The lowest BCUT2D eigenvalue weighted by Gasteiger charge is -2.20. The van der Waals surface area contributed by atoms with Gasteiger partial charge in [0.15, 0.2) is 5.82 Å². The standard InChI is InChI=1S/C8H10F3N3/c1-14(5-8(9,10)11)7-6(12)3-2-4-13-7/h2-4H,5,12H2,1H3. The van der Waals surface area contributed by atoms with E-state index in [1.807, 2.05) is 0 Å². The predicted molar refractivity (Wildman–Crippen MR) is 48.0 cm³/mol. The fraction of sp³-hybridized carbons (Fsp3) is 0.375. The third-order valence-electron chi connectivity index (χ3n) is 1.59. The Kier molecular flexibility index (Phi) is 2.83. The summed E-state index contributed by atoms with van der Waals surface area (Å²) in [6.07, 6.45) is -2.85. The molecule has 0 aliphatic heterocycles. The van der Waals surface area contributed by atoms with Crippen molar-refractivity contribution >= 4 is 11.5 Å². The predicted octanol–water partition coefficient (Wildman–Crippen LogP) is 1.66. The smallest absolute Gasteiger partial charge is 0.396 e. The molecule has 0 aliphatic rings. The van der Waals surface area contributed by atoms with Gasteiger partial charge < -0.3 is 10.6 Å². The average Bonchev–Trinajstić information content (AvgIpc) is 2.01. The molecule has 1 aromatic rings. The van der Waals surface area contributed by atoms with Gasteiger partial charge in [-0.1, -0.05) is 0 Å². The quantitative estimate of drug-likeness (QED) is 0.798. The van der Waals surface area contributed by atoms with Gasteiger partial charge in [0, 0.05) is 13.2 Å². The van der Waals surface area contributed by atoms with Gasteiger partial charge in [0.2, 0.25) is 0 Å².